The number of aryl methyl sites for hydroxylation is 1. The SMILES string of the molecule is CN(C)CCOc1ccc(NC(=O)c2ccc(=O)n(C)c2)cc1Cl. The van der Waals surface area contributed by atoms with E-state index in [0.717, 1.165) is 6.54 Å². The lowest BCUT2D eigenvalue weighted by Crippen LogP contribution is -2.20. The lowest BCUT2D eigenvalue weighted by Gasteiger charge is -2.13. The van der Waals surface area contributed by atoms with Gasteiger partial charge in [-0.2, -0.15) is 0 Å². The number of amides is 1. The molecular weight excluding hydrogens is 330 g/mol. The van der Waals surface area contributed by atoms with Crippen LogP contribution < -0.4 is 15.6 Å². The molecule has 128 valence electrons. The molecule has 1 heterocycles. The summed E-state index contributed by atoms with van der Waals surface area (Å²) in [5.74, 6) is 0.251. The third-order valence-electron chi connectivity index (χ3n) is 3.33. The third kappa shape index (κ3) is 4.84. The number of aromatic nitrogens is 1. The van der Waals surface area contributed by atoms with E-state index >= 15 is 0 Å². The van der Waals surface area contributed by atoms with Crippen LogP contribution in [-0.4, -0.2) is 42.6 Å². The van der Waals surface area contributed by atoms with Gasteiger partial charge in [-0.1, -0.05) is 11.6 Å². The number of carbonyl (C=O) groups excluding carboxylic acids is 1. The molecule has 0 atom stereocenters. The highest BCUT2D eigenvalue weighted by Crippen LogP contribution is 2.27. The standard InChI is InChI=1S/C17H20ClN3O3/c1-20(2)8-9-24-15-6-5-13(10-14(15)18)19-17(23)12-4-7-16(22)21(3)11-12/h4-7,10-11H,8-9H2,1-3H3,(H,19,23). The van der Waals surface area contributed by atoms with Crippen LogP contribution in [0, 0.1) is 0 Å². The molecule has 0 bridgehead atoms. The Bertz CT molecular complexity index is 787. The van der Waals surface area contributed by atoms with Crippen molar-refractivity contribution in [1.29, 1.82) is 0 Å². The Balaban J connectivity index is 2.04. The third-order valence-corrected chi connectivity index (χ3v) is 3.63. The fourth-order valence-electron chi connectivity index (χ4n) is 1.97. The number of pyridine rings is 1. The fourth-order valence-corrected chi connectivity index (χ4v) is 2.20. The minimum Gasteiger partial charge on any atom is -0.491 e. The van der Waals surface area contributed by atoms with Gasteiger partial charge in [0.05, 0.1) is 10.6 Å². The number of anilines is 1. The molecule has 0 aliphatic carbocycles. The Morgan fingerprint density at radius 1 is 1.29 bits per heavy atom. The van der Waals surface area contributed by atoms with Crippen LogP contribution in [0.25, 0.3) is 0 Å². The van der Waals surface area contributed by atoms with E-state index in [4.69, 9.17) is 16.3 Å². The maximum absolute atomic E-state index is 12.2. The zero-order chi connectivity index (χ0) is 17.7. The Morgan fingerprint density at radius 3 is 2.67 bits per heavy atom. The van der Waals surface area contributed by atoms with Crippen LogP contribution in [-0.2, 0) is 7.05 Å². The number of hydrogen-bond acceptors (Lipinski definition) is 4. The van der Waals surface area contributed by atoms with Crippen molar-refractivity contribution in [3.8, 4) is 5.75 Å². The maximum atomic E-state index is 12.2. The topological polar surface area (TPSA) is 63.6 Å². The van der Waals surface area contributed by atoms with Crippen molar-refractivity contribution in [1.82, 2.24) is 9.47 Å². The molecule has 2 rings (SSSR count). The molecule has 0 aliphatic heterocycles. The summed E-state index contributed by atoms with van der Waals surface area (Å²) < 4.78 is 6.95. The minimum atomic E-state index is -0.317. The lowest BCUT2D eigenvalue weighted by atomic mass is 10.2. The maximum Gasteiger partial charge on any atom is 0.257 e. The van der Waals surface area contributed by atoms with Crippen LogP contribution in [0.15, 0.2) is 41.3 Å². The van der Waals surface area contributed by atoms with E-state index in [1.54, 1.807) is 25.2 Å². The summed E-state index contributed by atoms with van der Waals surface area (Å²) in [4.78, 5) is 25.6. The van der Waals surface area contributed by atoms with E-state index in [1.165, 1.54) is 22.9 Å². The van der Waals surface area contributed by atoms with Crippen molar-refractivity contribution < 1.29 is 9.53 Å². The average molecular weight is 350 g/mol. The van der Waals surface area contributed by atoms with E-state index in [9.17, 15) is 9.59 Å². The molecule has 1 N–H and O–H groups in total. The smallest absolute Gasteiger partial charge is 0.257 e. The quantitative estimate of drug-likeness (QED) is 0.868. The van der Waals surface area contributed by atoms with Crippen LogP contribution in [0.5, 0.6) is 5.75 Å². The number of ether oxygens (including phenoxy) is 1. The monoisotopic (exact) mass is 349 g/mol. The zero-order valence-corrected chi connectivity index (χ0v) is 14.6. The highest BCUT2D eigenvalue weighted by Gasteiger charge is 2.09. The van der Waals surface area contributed by atoms with Crippen molar-refractivity contribution >= 4 is 23.2 Å². The summed E-state index contributed by atoms with van der Waals surface area (Å²) in [5, 5.41) is 3.17. The predicted molar refractivity (Wildman–Crippen MR) is 95.1 cm³/mol. The van der Waals surface area contributed by atoms with Crippen LogP contribution in [0.2, 0.25) is 5.02 Å². The second kappa shape index (κ2) is 7.99. The van der Waals surface area contributed by atoms with E-state index in [1.807, 2.05) is 19.0 Å². The molecule has 24 heavy (non-hydrogen) atoms. The van der Waals surface area contributed by atoms with E-state index in [-0.39, 0.29) is 11.5 Å². The molecule has 0 saturated carbocycles. The Kier molecular flexibility index (Phi) is 6.00. The van der Waals surface area contributed by atoms with Gasteiger partial charge in [0.15, 0.2) is 0 Å². The van der Waals surface area contributed by atoms with Crippen LogP contribution in [0.3, 0.4) is 0 Å². The molecular formula is C17H20ClN3O3. The Morgan fingerprint density at radius 2 is 2.04 bits per heavy atom. The van der Waals surface area contributed by atoms with Gasteiger partial charge in [0.2, 0.25) is 5.56 Å². The molecule has 0 unspecified atom stereocenters. The van der Waals surface area contributed by atoms with Gasteiger partial charge < -0.3 is 19.5 Å². The highest BCUT2D eigenvalue weighted by molar-refractivity contribution is 6.32. The van der Waals surface area contributed by atoms with Crippen molar-refractivity contribution in [2.75, 3.05) is 32.6 Å². The van der Waals surface area contributed by atoms with Gasteiger partial charge in [-0.15, -0.1) is 0 Å². The van der Waals surface area contributed by atoms with Gasteiger partial charge in [-0.25, -0.2) is 0 Å². The Labute approximate surface area is 145 Å². The van der Waals surface area contributed by atoms with Gasteiger partial charge in [-0.05, 0) is 38.4 Å². The largest absolute Gasteiger partial charge is 0.491 e. The number of hydrogen-bond donors (Lipinski definition) is 1. The van der Waals surface area contributed by atoms with E-state index in [0.29, 0.717) is 28.6 Å². The van der Waals surface area contributed by atoms with Crippen LogP contribution in [0.1, 0.15) is 10.4 Å². The van der Waals surface area contributed by atoms with Crippen molar-refractivity contribution in [3.63, 3.8) is 0 Å². The van der Waals surface area contributed by atoms with Gasteiger partial charge in [-0.3, -0.25) is 9.59 Å². The molecule has 1 aromatic heterocycles. The second-order valence-corrected chi connectivity index (χ2v) is 6.03. The molecule has 0 fully saturated rings. The summed E-state index contributed by atoms with van der Waals surface area (Å²) in [7, 11) is 5.52. The summed E-state index contributed by atoms with van der Waals surface area (Å²) in [5.41, 5.74) is 0.771. The predicted octanol–water partition coefficient (Wildman–Crippen LogP) is 2.23. The van der Waals surface area contributed by atoms with E-state index < -0.39 is 0 Å². The molecule has 2 aromatic rings. The van der Waals surface area contributed by atoms with Crippen molar-refractivity contribution in [3.05, 3.63) is 57.5 Å². The van der Waals surface area contributed by atoms with Gasteiger partial charge in [0.1, 0.15) is 12.4 Å². The average Bonchev–Trinajstić information content (AvgIpc) is 2.51. The molecule has 7 heteroatoms. The number of rotatable bonds is 6. The molecule has 0 radical (unpaired) electrons. The van der Waals surface area contributed by atoms with Crippen LogP contribution >= 0.6 is 11.6 Å². The fraction of sp³-hybridized carbons (Fsp3) is 0.294. The van der Waals surface area contributed by atoms with E-state index in [2.05, 4.69) is 5.32 Å². The first kappa shape index (κ1) is 18.0. The lowest BCUT2D eigenvalue weighted by molar-refractivity contribution is 0.102. The number of nitrogens with zero attached hydrogens (tertiary/aromatic N) is 2. The summed E-state index contributed by atoms with van der Waals surface area (Å²) in [6, 6.07) is 7.90. The molecule has 6 nitrogen and oxygen atoms in total. The second-order valence-electron chi connectivity index (χ2n) is 5.62. The van der Waals surface area contributed by atoms with Gasteiger partial charge in [0.25, 0.3) is 5.91 Å². The summed E-state index contributed by atoms with van der Waals surface area (Å²) >= 11 is 6.18. The minimum absolute atomic E-state index is 0.172. The van der Waals surface area contributed by atoms with Gasteiger partial charge in [0, 0.05) is 31.5 Å². The first-order chi connectivity index (χ1) is 11.4. The number of likely N-dealkylation sites (N-methyl/N-ethyl adjacent to an activating group) is 1. The molecule has 1 amide bonds. The molecule has 0 aliphatic rings. The van der Waals surface area contributed by atoms with Crippen molar-refractivity contribution in [2.24, 2.45) is 7.05 Å². The molecule has 0 saturated heterocycles. The zero-order valence-electron chi connectivity index (χ0n) is 13.9. The van der Waals surface area contributed by atoms with Crippen molar-refractivity contribution in [2.45, 2.75) is 0 Å². The normalized spacial score (nSPS) is 10.7. The highest BCUT2D eigenvalue weighted by atomic mass is 35.5. The molecule has 1 aromatic carbocycles. The van der Waals surface area contributed by atoms with Crippen LogP contribution in [0.4, 0.5) is 5.69 Å². The summed E-state index contributed by atoms with van der Waals surface area (Å²) in [6.07, 6.45) is 1.48. The first-order valence-corrected chi connectivity index (χ1v) is 7.80. The van der Waals surface area contributed by atoms with Gasteiger partial charge >= 0.3 is 0 Å². The molecule has 0 spiro atoms. The number of carbonyl (C=O) groups is 1. The number of halogens is 1. The summed E-state index contributed by atoms with van der Waals surface area (Å²) in [6.45, 7) is 1.30. The Hall–Kier alpha value is -2.31. The number of benzene rings is 1. The first-order valence-electron chi connectivity index (χ1n) is 7.42. The number of nitrogens with one attached hydrogen (secondary N) is 1.